The molecule has 1 unspecified atom stereocenters. The average molecular weight is 276 g/mol. The molecule has 0 bridgehead atoms. The van der Waals surface area contributed by atoms with Crippen molar-refractivity contribution in [2.24, 2.45) is 0 Å². The van der Waals surface area contributed by atoms with Crippen LogP contribution in [0.1, 0.15) is 37.0 Å². The van der Waals surface area contributed by atoms with E-state index in [9.17, 15) is 4.79 Å². The quantitative estimate of drug-likeness (QED) is 0.868. The van der Waals surface area contributed by atoms with E-state index in [1.54, 1.807) is 0 Å². The summed E-state index contributed by atoms with van der Waals surface area (Å²) in [4.78, 5) is 14.1. The van der Waals surface area contributed by atoms with Crippen LogP contribution in [0.4, 0.5) is 5.69 Å². The Labute approximate surface area is 121 Å². The van der Waals surface area contributed by atoms with Gasteiger partial charge in [-0.15, -0.1) is 0 Å². The van der Waals surface area contributed by atoms with Crippen LogP contribution in [0.15, 0.2) is 24.3 Å². The standard InChI is InChI=1S/C16H24N2O2/c1-3-18(4-2)16(19)13-7-5-8-14(11-13)17-12-15-9-6-10-20-15/h5,7-8,11,15,17H,3-4,6,9-10,12H2,1-2H3. The Morgan fingerprint density at radius 3 is 2.85 bits per heavy atom. The van der Waals surface area contributed by atoms with Gasteiger partial charge in [-0.2, -0.15) is 0 Å². The topological polar surface area (TPSA) is 41.6 Å². The summed E-state index contributed by atoms with van der Waals surface area (Å²) < 4.78 is 5.59. The fourth-order valence-corrected chi connectivity index (χ4v) is 2.49. The molecule has 4 nitrogen and oxygen atoms in total. The van der Waals surface area contributed by atoms with Crippen LogP contribution in [0.5, 0.6) is 0 Å². The number of carbonyl (C=O) groups is 1. The second-order valence-corrected chi connectivity index (χ2v) is 5.07. The number of rotatable bonds is 6. The molecule has 1 heterocycles. The van der Waals surface area contributed by atoms with Crippen LogP contribution in [-0.2, 0) is 4.74 Å². The zero-order valence-corrected chi connectivity index (χ0v) is 12.4. The highest BCUT2D eigenvalue weighted by Gasteiger charge is 2.16. The third kappa shape index (κ3) is 3.73. The summed E-state index contributed by atoms with van der Waals surface area (Å²) in [6.45, 7) is 7.16. The zero-order chi connectivity index (χ0) is 14.4. The predicted molar refractivity (Wildman–Crippen MR) is 81.2 cm³/mol. The highest BCUT2D eigenvalue weighted by atomic mass is 16.5. The molecular weight excluding hydrogens is 252 g/mol. The van der Waals surface area contributed by atoms with Crippen LogP contribution in [0, 0.1) is 0 Å². The van der Waals surface area contributed by atoms with E-state index in [2.05, 4.69) is 5.32 Å². The van der Waals surface area contributed by atoms with Gasteiger partial charge in [0.25, 0.3) is 5.91 Å². The Morgan fingerprint density at radius 2 is 2.20 bits per heavy atom. The van der Waals surface area contributed by atoms with Crippen molar-refractivity contribution in [2.45, 2.75) is 32.8 Å². The summed E-state index contributed by atoms with van der Waals surface area (Å²) in [7, 11) is 0. The number of hydrogen-bond acceptors (Lipinski definition) is 3. The number of nitrogens with one attached hydrogen (secondary N) is 1. The largest absolute Gasteiger partial charge is 0.382 e. The molecule has 1 fully saturated rings. The number of nitrogens with zero attached hydrogens (tertiary/aromatic N) is 1. The number of ether oxygens (including phenoxy) is 1. The van der Waals surface area contributed by atoms with Crippen molar-refractivity contribution in [3.63, 3.8) is 0 Å². The van der Waals surface area contributed by atoms with E-state index in [0.29, 0.717) is 6.10 Å². The third-order valence-corrected chi connectivity index (χ3v) is 3.72. The first-order valence-corrected chi connectivity index (χ1v) is 7.49. The molecule has 1 aliphatic heterocycles. The number of anilines is 1. The smallest absolute Gasteiger partial charge is 0.253 e. The maximum atomic E-state index is 12.3. The lowest BCUT2D eigenvalue weighted by Gasteiger charge is -2.19. The SMILES string of the molecule is CCN(CC)C(=O)c1cccc(NCC2CCCO2)c1. The van der Waals surface area contributed by atoms with Gasteiger partial charge in [0.15, 0.2) is 0 Å². The lowest BCUT2D eigenvalue weighted by molar-refractivity contribution is 0.0773. The molecule has 1 aromatic rings. The highest BCUT2D eigenvalue weighted by molar-refractivity contribution is 5.95. The van der Waals surface area contributed by atoms with Gasteiger partial charge in [-0.25, -0.2) is 0 Å². The Balaban J connectivity index is 1.97. The average Bonchev–Trinajstić information content (AvgIpc) is 3.00. The predicted octanol–water partition coefficient (Wildman–Crippen LogP) is 2.76. The van der Waals surface area contributed by atoms with Crippen molar-refractivity contribution in [3.8, 4) is 0 Å². The molecule has 1 aliphatic rings. The van der Waals surface area contributed by atoms with E-state index in [0.717, 1.165) is 50.3 Å². The third-order valence-electron chi connectivity index (χ3n) is 3.72. The Morgan fingerprint density at radius 1 is 1.40 bits per heavy atom. The fourth-order valence-electron chi connectivity index (χ4n) is 2.49. The van der Waals surface area contributed by atoms with E-state index in [4.69, 9.17) is 4.74 Å². The molecule has 0 aromatic heterocycles. The lowest BCUT2D eigenvalue weighted by atomic mass is 10.1. The molecule has 0 radical (unpaired) electrons. The molecule has 2 rings (SSSR count). The van der Waals surface area contributed by atoms with Gasteiger partial charge in [-0.1, -0.05) is 6.07 Å². The molecule has 110 valence electrons. The van der Waals surface area contributed by atoms with Gasteiger partial charge in [-0.3, -0.25) is 4.79 Å². The second kappa shape index (κ2) is 7.29. The maximum Gasteiger partial charge on any atom is 0.253 e. The number of hydrogen-bond donors (Lipinski definition) is 1. The molecule has 0 aliphatic carbocycles. The lowest BCUT2D eigenvalue weighted by Crippen LogP contribution is -2.30. The van der Waals surface area contributed by atoms with Crippen molar-refractivity contribution in [2.75, 3.05) is 31.6 Å². The van der Waals surface area contributed by atoms with Crippen LogP contribution < -0.4 is 5.32 Å². The minimum absolute atomic E-state index is 0.0933. The Kier molecular flexibility index (Phi) is 5.41. The van der Waals surface area contributed by atoms with Crippen LogP contribution in [-0.4, -0.2) is 43.2 Å². The van der Waals surface area contributed by atoms with E-state index in [-0.39, 0.29) is 5.91 Å². The second-order valence-electron chi connectivity index (χ2n) is 5.07. The van der Waals surface area contributed by atoms with Crippen LogP contribution in [0.25, 0.3) is 0 Å². The van der Waals surface area contributed by atoms with E-state index in [1.807, 2.05) is 43.0 Å². The number of carbonyl (C=O) groups excluding carboxylic acids is 1. The monoisotopic (exact) mass is 276 g/mol. The normalized spacial score (nSPS) is 18.0. The first-order chi connectivity index (χ1) is 9.74. The molecule has 20 heavy (non-hydrogen) atoms. The first kappa shape index (κ1) is 14.9. The fraction of sp³-hybridized carbons (Fsp3) is 0.562. The van der Waals surface area contributed by atoms with Gasteiger partial charge in [0.2, 0.25) is 0 Å². The molecule has 4 heteroatoms. The summed E-state index contributed by atoms with van der Waals surface area (Å²) in [5.41, 5.74) is 1.73. The van der Waals surface area contributed by atoms with Crippen molar-refractivity contribution in [1.82, 2.24) is 4.90 Å². The Hall–Kier alpha value is -1.55. The van der Waals surface area contributed by atoms with Crippen molar-refractivity contribution < 1.29 is 9.53 Å². The van der Waals surface area contributed by atoms with Gasteiger partial charge in [0.1, 0.15) is 0 Å². The van der Waals surface area contributed by atoms with Gasteiger partial charge in [-0.05, 0) is 44.9 Å². The van der Waals surface area contributed by atoms with Crippen molar-refractivity contribution in [3.05, 3.63) is 29.8 Å². The maximum absolute atomic E-state index is 12.3. The molecule has 1 saturated heterocycles. The summed E-state index contributed by atoms with van der Waals surface area (Å²) in [6, 6.07) is 7.72. The molecule has 1 amide bonds. The van der Waals surface area contributed by atoms with Gasteiger partial charge in [0, 0.05) is 37.5 Å². The summed E-state index contributed by atoms with van der Waals surface area (Å²) >= 11 is 0. The van der Waals surface area contributed by atoms with Crippen LogP contribution in [0.3, 0.4) is 0 Å². The van der Waals surface area contributed by atoms with Crippen LogP contribution in [0.2, 0.25) is 0 Å². The molecule has 1 N–H and O–H groups in total. The van der Waals surface area contributed by atoms with Crippen LogP contribution >= 0.6 is 0 Å². The molecule has 1 aromatic carbocycles. The van der Waals surface area contributed by atoms with Gasteiger partial charge in [0.05, 0.1) is 6.10 Å². The van der Waals surface area contributed by atoms with E-state index in [1.165, 1.54) is 0 Å². The Bertz CT molecular complexity index is 438. The van der Waals surface area contributed by atoms with Gasteiger partial charge >= 0.3 is 0 Å². The van der Waals surface area contributed by atoms with E-state index < -0.39 is 0 Å². The first-order valence-electron chi connectivity index (χ1n) is 7.49. The summed E-state index contributed by atoms with van der Waals surface area (Å²) in [5, 5.41) is 3.36. The minimum atomic E-state index is 0.0933. The molecule has 0 saturated carbocycles. The van der Waals surface area contributed by atoms with Crippen molar-refractivity contribution >= 4 is 11.6 Å². The molecular formula is C16H24N2O2. The summed E-state index contributed by atoms with van der Waals surface area (Å²) in [5.74, 6) is 0.0933. The highest BCUT2D eigenvalue weighted by Crippen LogP contribution is 2.16. The minimum Gasteiger partial charge on any atom is -0.382 e. The van der Waals surface area contributed by atoms with Gasteiger partial charge < -0.3 is 15.0 Å². The molecule has 1 atom stereocenters. The number of benzene rings is 1. The number of amides is 1. The van der Waals surface area contributed by atoms with E-state index >= 15 is 0 Å². The van der Waals surface area contributed by atoms with Crippen molar-refractivity contribution in [1.29, 1.82) is 0 Å². The summed E-state index contributed by atoms with van der Waals surface area (Å²) in [6.07, 6.45) is 2.56. The molecule has 0 spiro atoms. The zero-order valence-electron chi connectivity index (χ0n) is 12.4.